The first-order valence-corrected chi connectivity index (χ1v) is 5.97. The predicted molar refractivity (Wildman–Crippen MR) is 60.8 cm³/mol. The van der Waals surface area contributed by atoms with Gasteiger partial charge in [-0.15, -0.1) is 0 Å². The molecule has 0 N–H and O–H groups in total. The van der Waals surface area contributed by atoms with Crippen LogP contribution >= 0.6 is 0 Å². The zero-order chi connectivity index (χ0) is 12.1. The summed E-state index contributed by atoms with van der Waals surface area (Å²) in [5.41, 5.74) is 0. The van der Waals surface area contributed by atoms with Crippen LogP contribution in [0.2, 0.25) is 0 Å². The van der Waals surface area contributed by atoms with Gasteiger partial charge in [-0.2, -0.15) is 0 Å². The first-order chi connectivity index (χ1) is 7.62. The summed E-state index contributed by atoms with van der Waals surface area (Å²) in [5.74, 6) is 0.106. The second-order valence-corrected chi connectivity index (χ2v) is 4.41. The van der Waals surface area contributed by atoms with E-state index in [2.05, 4.69) is 18.6 Å². The molecule has 1 heterocycles. The summed E-state index contributed by atoms with van der Waals surface area (Å²) in [6.07, 6.45) is 2.46. The molecule has 0 bridgehead atoms. The van der Waals surface area contributed by atoms with Gasteiger partial charge < -0.3 is 9.64 Å². The summed E-state index contributed by atoms with van der Waals surface area (Å²) >= 11 is 0. The van der Waals surface area contributed by atoms with Crippen molar-refractivity contribution >= 4 is 11.9 Å². The average Bonchev–Trinajstić information content (AvgIpc) is 2.66. The number of esters is 1. The van der Waals surface area contributed by atoms with Crippen molar-refractivity contribution in [1.82, 2.24) is 4.90 Å². The second-order valence-electron chi connectivity index (χ2n) is 4.41. The van der Waals surface area contributed by atoms with Gasteiger partial charge in [0.25, 0.3) is 0 Å². The maximum Gasteiger partial charge on any atom is 0.310 e. The van der Waals surface area contributed by atoms with E-state index >= 15 is 0 Å². The normalized spacial score (nSPS) is 20.6. The van der Waals surface area contributed by atoms with Crippen molar-refractivity contribution in [2.45, 2.75) is 33.1 Å². The second kappa shape index (κ2) is 5.87. The fourth-order valence-electron chi connectivity index (χ4n) is 2.13. The lowest BCUT2D eigenvalue weighted by molar-refractivity contribution is -0.145. The molecule has 92 valence electrons. The number of rotatable bonds is 5. The number of nitrogens with zero attached hydrogens (tertiary/aromatic N) is 1. The molecule has 1 fully saturated rings. The van der Waals surface area contributed by atoms with E-state index in [9.17, 15) is 9.59 Å². The molecule has 1 saturated heterocycles. The van der Waals surface area contributed by atoms with E-state index in [1.807, 2.05) is 0 Å². The predicted octanol–water partition coefficient (Wildman–Crippen LogP) is 1.44. The summed E-state index contributed by atoms with van der Waals surface area (Å²) in [6, 6.07) is 0. The van der Waals surface area contributed by atoms with E-state index < -0.39 is 0 Å². The Kier molecular flexibility index (Phi) is 4.77. The van der Waals surface area contributed by atoms with Gasteiger partial charge in [-0.1, -0.05) is 26.7 Å². The molecule has 4 nitrogen and oxygen atoms in total. The number of likely N-dealkylation sites (tertiary alicyclic amines) is 1. The van der Waals surface area contributed by atoms with Gasteiger partial charge in [-0.25, -0.2) is 0 Å². The molecule has 1 aliphatic heterocycles. The number of carbonyl (C=O) groups is 2. The Balaban J connectivity index is 2.51. The number of hydrogen-bond acceptors (Lipinski definition) is 3. The number of ether oxygens (including phenoxy) is 1. The number of hydrogen-bond donors (Lipinski definition) is 0. The summed E-state index contributed by atoms with van der Waals surface area (Å²) < 4.78 is 4.67. The van der Waals surface area contributed by atoms with Gasteiger partial charge in [-0.05, 0) is 5.92 Å². The van der Waals surface area contributed by atoms with Crippen LogP contribution in [0, 0.1) is 11.8 Å². The van der Waals surface area contributed by atoms with E-state index in [1.54, 1.807) is 4.90 Å². The molecule has 0 aromatic rings. The van der Waals surface area contributed by atoms with Crippen molar-refractivity contribution in [2.75, 3.05) is 20.2 Å². The topological polar surface area (TPSA) is 46.6 Å². The van der Waals surface area contributed by atoms with Crippen LogP contribution < -0.4 is 0 Å². The van der Waals surface area contributed by atoms with Crippen molar-refractivity contribution in [3.05, 3.63) is 0 Å². The Bertz CT molecular complexity index is 261. The van der Waals surface area contributed by atoms with Crippen molar-refractivity contribution < 1.29 is 14.3 Å². The van der Waals surface area contributed by atoms with E-state index in [0.29, 0.717) is 18.9 Å². The SMILES string of the molecule is CCC(CC)CN1CC(C(=O)OC)CC1=O. The number of carbonyl (C=O) groups excluding carboxylic acids is 2. The lowest BCUT2D eigenvalue weighted by Gasteiger charge is -2.21. The molecule has 0 spiro atoms. The highest BCUT2D eigenvalue weighted by Gasteiger charge is 2.35. The highest BCUT2D eigenvalue weighted by atomic mass is 16.5. The number of methoxy groups -OCH3 is 1. The van der Waals surface area contributed by atoms with Gasteiger partial charge in [-0.3, -0.25) is 9.59 Å². The lowest BCUT2D eigenvalue weighted by Crippen LogP contribution is -2.31. The third-order valence-electron chi connectivity index (χ3n) is 3.38. The molecule has 1 atom stereocenters. The molecule has 16 heavy (non-hydrogen) atoms. The van der Waals surface area contributed by atoms with E-state index in [-0.39, 0.29) is 17.8 Å². The maximum absolute atomic E-state index is 11.7. The minimum absolute atomic E-state index is 0.0855. The molecule has 1 aliphatic rings. The molecule has 1 unspecified atom stereocenters. The van der Waals surface area contributed by atoms with E-state index in [0.717, 1.165) is 19.4 Å². The van der Waals surface area contributed by atoms with Crippen LogP contribution in [-0.4, -0.2) is 37.0 Å². The van der Waals surface area contributed by atoms with Gasteiger partial charge in [0.1, 0.15) is 0 Å². The van der Waals surface area contributed by atoms with E-state index in [4.69, 9.17) is 0 Å². The standard InChI is InChI=1S/C12H21NO3/c1-4-9(5-2)7-13-8-10(6-11(13)14)12(15)16-3/h9-10H,4-8H2,1-3H3. The van der Waals surface area contributed by atoms with Crippen molar-refractivity contribution in [3.8, 4) is 0 Å². The molecule has 0 aromatic heterocycles. The largest absolute Gasteiger partial charge is 0.469 e. The smallest absolute Gasteiger partial charge is 0.310 e. The van der Waals surface area contributed by atoms with Gasteiger partial charge in [0.2, 0.25) is 5.91 Å². The monoisotopic (exact) mass is 227 g/mol. The first kappa shape index (κ1) is 13.0. The molecule has 0 aliphatic carbocycles. The zero-order valence-electron chi connectivity index (χ0n) is 10.4. The van der Waals surface area contributed by atoms with Crippen molar-refractivity contribution in [2.24, 2.45) is 11.8 Å². The maximum atomic E-state index is 11.7. The number of amides is 1. The Morgan fingerprint density at radius 3 is 2.62 bits per heavy atom. The van der Waals surface area contributed by atoms with Crippen LogP contribution in [0.1, 0.15) is 33.1 Å². The minimum Gasteiger partial charge on any atom is -0.469 e. The van der Waals surface area contributed by atoms with Gasteiger partial charge in [0, 0.05) is 19.5 Å². The minimum atomic E-state index is -0.264. The molecule has 0 saturated carbocycles. The quantitative estimate of drug-likeness (QED) is 0.668. The Labute approximate surface area is 96.9 Å². The molecule has 1 amide bonds. The van der Waals surface area contributed by atoms with Crippen molar-refractivity contribution in [1.29, 1.82) is 0 Å². The van der Waals surface area contributed by atoms with Crippen LogP contribution in [0.25, 0.3) is 0 Å². The third-order valence-corrected chi connectivity index (χ3v) is 3.38. The molecule has 4 heteroatoms. The molecule has 0 aromatic carbocycles. The van der Waals surface area contributed by atoms with Gasteiger partial charge in [0.15, 0.2) is 0 Å². The van der Waals surface area contributed by atoms with Crippen LogP contribution in [-0.2, 0) is 14.3 Å². The highest BCUT2D eigenvalue weighted by Crippen LogP contribution is 2.21. The highest BCUT2D eigenvalue weighted by molar-refractivity contribution is 5.86. The summed E-state index contributed by atoms with van der Waals surface area (Å²) in [4.78, 5) is 24.8. The van der Waals surface area contributed by atoms with Gasteiger partial charge >= 0.3 is 5.97 Å². The van der Waals surface area contributed by atoms with E-state index in [1.165, 1.54) is 7.11 Å². The Hall–Kier alpha value is -1.06. The van der Waals surface area contributed by atoms with Crippen LogP contribution in [0.3, 0.4) is 0 Å². The molecular formula is C12H21NO3. The Morgan fingerprint density at radius 2 is 2.12 bits per heavy atom. The summed E-state index contributed by atoms with van der Waals surface area (Å²) in [6.45, 7) is 5.57. The van der Waals surface area contributed by atoms with Gasteiger partial charge in [0.05, 0.1) is 13.0 Å². The molecular weight excluding hydrogens is 206 g/mol. The lowest BCUT2D eigenvalue weighted by atomic mass is 10.0. The summed E-state index contributed by atoms with van der Waals surface area (Å²) in [5, 5.41) is 0. The summed E-state index contributed by atoms with van der Waals surface area (Å²) in [7, 11) is 1.37. The third kappa shape index (κ3) is 2.97. The first-order valence-electron chi connectivity index (χ1n) is 5.97. The Morgan fingerprint density at radius 1 is 1.50 bits per heavy atom. The molecule has 1 rings (SSSR count). The zero-order valence-corrected chi connectivity index (χ0v) is 10.4. The van der Waals surface area contributed by atoms with Crippen LogP contribution in [0.15, 0.2) is 0 Å². The fourth-order valence-corrected chi connectivity index (χ4v) is 2.13. The van der Waals surface area contributed by atoms with Crippen molar-refractivity contribution in [3.63, 3.8) is 0 Å². The fraction of sp³-hybridized carbons (Fsp3) is 0.833. The van der Waals surface area contributed by atoms with Crippen LogP contribution in [0.5, 0.6) is 0 Å². The average molecular weight is 227 g/mol. The molecule has 0 radical (unpaired) electrons. The van der Waals surface area contributed by atoms with Crippen LogP contribution in [0.4, 0.5) is 0 Å².